The first-order chi connectivity index (χ1) is 12.3. The predicted octanol–water partition coefficient (Wildman–Crippen LogP) is 3.97. The Labute approximate surface area is 154 Å². The standard InChI is InChI=1S/C20H27N3OS/c24-19-8-4-5-16(13-19)20-21-17(15-25-20)14-22-9-11-23(12-10-22)18-6-2-1-3-7-18/h4-5,8,13,15,18,24H,1-3,6-7,9-12,14H2. The van der Waals surface area contributed by atoms with E-state index >= 15 is 0 Å². The molecule has 4 nitrogen and oxygen atoms in total. The number of aromatic nitrogens is 1. The van der Waals surface area contributed by atoms with Crippen LogP contribution in [0.25, 0.3) is 10.6 Å². The van der Waals surface area contributed by atoms with Crippen molar-refractivity contribution >= 4 is 11.3 Å². The third-order valence-corrected chi connectivity index (χ3v) is 6.47. The van der Waals surface area contributed by atoms with E-state index in [1.807, 2.05) is 12.1 Å². The summed E-state index contributed by atoms with van der Waals surface area (Å²) in [6.45, 7) is 5.64. The number of phenolic OH excluding ortho intramolecular Hbond substituents is 1. The largest absolute Gasteiger partial charge is 0.508 e. The Kier molecular flexibility index (Phi) is 5.34. The number of phenols is 1. The second-order valence-corrected chi connectivity index (χ2v) is 8.16. The molecule has 1 aromatic carbocycles. The van der Waals surface area contributed by atoms with Gasteiger partial charge in [-0.25, -0.2) is 4.98 Å². The van der Waals surface area contributed by atoms with Gasteiger partial charge in [0.15, 0.2) is 0 Å². The van der Waals surface area contributed by atoms with Crippen molar-refractivity contribution in [3.8, 4) is 16.3 Å². The third-order valence-electron chi connectivity index (χ3n) is 5.53. The van der Waals surface area contributed by atoms with Gasteiger partial charge in [-0.3, -0.25) is 9.80 Å². The normalized spacial score (nSPS) is 20.8. The van der Waals surface area contributed by atoms with Gasteiger partial charge in [0, 0.05) is 49.7 Å². The van der Waals surface area contributed by atoms with E-state index in [9.17, 15) is 5.11 Å². The maximum absolute atomic E-state index is 9.64. The Morgan fingerprint density at radius 3 is 2.64 bits per heavy atom. The van der Waals surface area contributed by atoms with E-state index in [-0.39, 0.29) is 0 Å². The number of rotatable bonds is 4. The van der Waals surface area contributed by atoms with Crippen LogP contribution in [0.4, 0.5) is 0 Å². The van der Waals surface area contributed by atoms with Crippen LogP contribution in [-0.4, -0.2) is 52.1 Å². The second-order valence-electron chi connectivity index (χ2n) is 7.30. The molecule has 0 amide bonds. The van der Waals surface area contributed by atoms with Gasteiger partial charge in [-0.2, -0.15) is 0 Å². The maximum Gasteiger partial charge on any atom is 0.123 e. The minimum Gasteiger partial charge on any atom is -0.508 e. The fourth-order valence-corrected chi connectivity index (χ4v) is 4.92. The van der Waals surface area contributed by atoms with Crippen molar-refractivity contribution in [3.63, 3.8) is 0 Å². The Balaban J connectivity index is 1.31. The lowest BCUT2D eigenvalue weighted by atomic mass is 9.94. The van der Waals surface area contributed by atoms with E-state index in [1.54, 1.807) is 23.5 Å². The molecule has 0 spiro atoms. The third kappa shape index (κ3) is 4.22. The van der Waals surface area contributed by atoms with Crippen LogP contribution in [0.2, 0.25) is 0 Å². The summed E-state index contributed by atoms with van der Waals surface area (Å²) in [5.41, 5.74) is 2.15. The highest BCUT2D eigenvalue weighted by atomic mass is 32.1. The van der Waals surface area contributed by atoms with Crippen molar-refractivity contribution in [2.24, 2.45) is 0 Å². The molecule has 5 heteroatoms. The summed E-state index contributed by atoms with van der Waals surface area (Å²) in [5.74, 6) is 0.299. The molecule has 0 unspecified atom stereocenters. The van der Waals surface area contributed by atoms with Gasteiger partial charge in [0.1, 0.15) is 10.8 Å². The van der Waals surface area contributed by atoms with Crippen LogP contribution in [0.5, 0.6) is 5.75 Å². The Hall–Kier alpha value is -1.43. The van der Waals surface area contributed by atoms with Crippen LogP contribution in [0.3, 0.4) is 0 Å². The number of hydrogen-bond acceptors (Lipinski definition) is 5. The minimum atomic E-state index is 0.299. The molecule has 1 saturated heterocycles. The van der Waals surface area contributed by atoms with Crippen molar-refractivity contribution in [2.45, 2.75) is 44.7 Å². The lowest BCUT2D eigenvalue weighted by Crippen LogP contribution is -2.50. The zero-order valence-electron chi connectivity index (χ0n) is 14.7. The topological polar surface area (TPSA) is 39.6 Å². The monoisotopic (exact) mass is 357 g/mol. The van der Waals surface area contributed by atoms with Crippen LogP contribution >= 0.6 is 11.3 Å². The van der Waals surface area contributed by atoms with Gasteiger partial charge >= 0.3 is 0 Å². The van der Waals surface area contributed by atoms with Crippen molar-refractivity contribution in [1.82, 2.24) is 14.8 Å². The van der Waals surface area contributed by atoms with Gasteiger partial charge in [-0.15, -0.1) is 11.3 Å². The van der Waals surface area contributed by atoms with Gasteiger partial charge in [-0.05, 0) is 25.0 Å². The van der Waals surface area contributed by atoms with E-state index < -0.39 is 0 Å². The molecule has 2 aromatic rings. The molecular weight excluding hydrogens is 330 g/mol. The highest BCUT2D eigenvalue weighted by Crippen LogP contribution is 2.27. The summed E-state index contributed by atoms with van der Waals surface area (Å²) >= 11 is 1.66. The molecule has 134 valence electrons. The smallest absolute Gasteiger partial charge is 0.123 e. The quantitative estimate of drug-likeness (QED) is 0.899. The first-order valence-electron chi connectivity index (χ1n) is 9.48. The van der Waals surface area contributed by atoms with Gasteiger partial charge in [0.05, 0.1) is 5.69 Å². The molecule has 2 aliphatic rings. The summed E-state index contributed by atoms with van der Waals surface area (Å²) in [5, 5.41) is 12.8. The number of nitrogens with zero attached hydrogens (tertiary/aromatic N) is 3. The summed E-state index contributed by atoms with van der Waals surface area (Å²) in [6.07, 6.45) is 7.07. The lowest BCUT2D eigenvalue weighted by molar-refractivity contribution is 0.0750. The van der Waals surface area contributed by atoms with Crippen molar-refractivity contribution < 1.29 is 5.11 Å². The average Bonchev–Trinajstić information content (AvgIpc) is 3.12. The summed E-state index contributed by atoms with van der Waals surface area (Å²) in [7, 11) is 0. The predicted molar refractivity (Wildman–Crippen MR) is 103 cm³/mol. The lowest BCUT2D eigenvalue weighted by Gasteiger charge is -2.40. The molecule has 25 heavy (non-hydrogen) atoms. The van der Waals surface area contributed by atoms with E-state index in [1.165, 1.54) is 45.2 Å². The second kappa shape index (κ2) is 7.85. The molecule has 1 aromatic heterocycles. The fraction of sp³-hybridized carbons (Fsp3) is 0.550. The SMILES string of the molecule is Oc1cccc(-c2nc(CN3CCN(C4CCCCC4)CC3)cs2)c1. The highest BCUT2D eigenvalue weighted by Gasteiger charge is 2.25. The molecule has 0 radical (unpaired) electrons. The van der Waals surface area contributed by atoms with Gasteiger partial charge in [0.2, 0.25) is 0 Å². The van der Waals surface area contributed by atoms with E-state index in [4.69, 9.17) is 4.98 Å². The number of hydrogen-bond donors (Lipinski definition) is 1. The van der Waals surface area contributed by atoms with Crippen LogP contribution in [0.1, 0.15) is 37.8 Å². The number of benzene rings is 1. The highest BCUT2D eigenvalue weighted by molar-refractivity contribution is 7.13. The molecule has 1 aliphatic heterocycles. The molecular formula is C20H27N3OS. The molecule has 1 N–H and O–H groups in total. The van der Waals surface area contributed by atoms with E-state index in [0.29, 0.717) is 5.75 Å². The Bertz CT molecular complexity index is 688. The molecule has 2 fully saturated rings. The number of piperazine rings is 1. The summed E-state index contributed by atoms with van der Waals surface area (Å²) < 4.78 is 0. The molecule has 1 aliphatic carbocycles. The van der Waals surface area contributed by atoms with Gasteiger partial charge < -0.3 is 5.11 Å². The molecule has 1 saturated carbocycles. The van der Waals surface area contributed by atoms with Crippen molar-refractivity contribution in [2.75, 3.05) is 26.2 Å². The first kappa shape index (κ1) is 17.0. The minimum absolute atomic E-state index is 0.299. The average molecular weight is 358 g/mol. The zero-order chi connectivity index (χ0) is 17.1. The van der Waals surface area contributed by atoms with E-state index in [0.717, 1.165) is 41.9 Å². The zero-order valence-corrected chi connectivity index (χ0v) is 15.5. The van der Waals surface area contributed by atoms with E-state index in [2.05, 4.69) is 15.2 Å². The molecule has 2 heterocycles. The molecule has 0 atom stereocenters. The van der Waals surface area contributed by atoms with Crippen LogP contribution < -0.4 is 0 Å². The van der Waals surface area contributed by atoms with Crippen LogP contribution in [0, 0.1) is 0 Å². The van der Waals surface area contributed by atoms with Gasteiger partial charge in [-0.1, -0.05) is 31.4 Å². The molecule has 0 bridgehead atoms. The van der Waals surface area contributed by atoms with Crippen LogP contribution in [-0.2, 0) is 6.54 Å². The number of thiazole rings is 1. The Morgan fingerprint density at radius 1 is 1.08 bits per heavy atom. The van der Waals surface area contributed by atoms with Crippen LogP contribution in [0.15, 0.2) is 29.6 Å². The van der Waals surface area contributed by atoms with Gasteiger partial charge in [0.25, 0.3) is 0 Å². The maximum atomic E-state index is 9.64. The van der Waals surface area contributed by atoms with Crippen molar-refractivity contribution in [1.29, 1.82) is 0 Å². The Morgan fingerprint density at radius 2 is 1.88 bits per heavy atom. The molecule has 4 rings (SSSR count). The fourth-order valence-electron chi connectivity index (χ4n) is 4.11. The summed E-state index contributed by atoms with van der Waals surface area (Å²) in [6, 6.07) is 8.20. The van der Waals surface area contributed by atoms with Crippen molar-refractivity contribution in [3.05, 3.63) is 35.3 Å². The summed E-state index contributed by atoms with van der Waals surface area (Å²) in [4.78, 5) is 10.0. The first-order valence-corrected chi connectivity index (χ1v) is 10.4. The number of aromatic hydroxyl groups is 1.